The van der Waals surface area contributed by atoms with Crippen LogP contribution in [0.5, 0.6) is 0 Å². The van der Waals surface area contributed by atoms with Gasteiger partial charge in [0.25, 0.3) is 10.3 Å². The third-order valence-electron chi connectivity index (χ3n) is 2.96. The first-order chi connectivity index (χ1) is 11.8. The van der Waals surface area contributed by atoms with Crippen LogP contribution in [0.2, 0.25) is 0 Å². The summed E-state index contributed by atoms with van der Waals surface area (Å²) >= 11 is 27.3. The minimum Gasteiger partial charge on any atom is -0.470 e. The highest BCUT2D eigenvalue weighted by Gasteiger charge is 2.08. The highest BCUT2D eigenvalue weighted by Crippen LogP contribution is 2.21. The maximum absolute atomic E-state index is 5.46. The minimum atomic E-state index is 0.0274. The summed E-state index contributed by atoms with van der Waals surface area (Å²) in [7, 11) is 0. The first-order valence-electron chi connectivity index (χ1n) is 7.41. The number of rotatable bonds is 8. The van der Waals surface area contributed by atoms with Crippen molar-refractivity contribution in [1.82, 2.24) is 0 Å². The van der Waals surface area contributed by atoms with E-state index >= 15 is 0 Å². The lowest BCUT2D eigenvalue weighted by molar-refractivity contribution is 0.319. The van der Waals surface area contributed by atoms with Crippen LogP contribution in [0.25, 0.3) is 0 Å². The number of anilines is 2. The number of hydrogen-bond acceptors (Lipinski definition) is 8. The molecule has 10 heteroatoms. The lowest BCUT2D eigenvalue weighted by Gasteiger charge is -2.16. The third-order valence-corrected chi connectivity index (χ3v) is 5.52. The number of thiol groups is 4. The van der Waals surface area contributed by atoms with Gasteiger partial charge in [0.1, 0.15) is 13.2 Å². The summed E-state index contributed by atoms with van der Waals surface area (Å²) in [6, 6.07) is 5.73. The summed E-state index contributed by atoms with van der Waals surface area (Å²) in [6.45, 7) is 2.75. The fraction of sp³-hybridized carbons (Fsp3) is 0.467. The summed E-state index contributed by atoms with van der Waals surface area (Å²) in [4.78, 5) is 0. The van der Waals surface area contributed by atoms with Crippen LogP contribution in [0.15, 0.2) is 18.2 Å². The molecule has 0 saturated carbocycles. The second-order valence-corrected chi connectivity index (χ2v) is 8.08. The maximum atomic E-state index is 5.46. The molecule has 0 radical (unpaired) electrons. The molecule has 0 aliphatic carbocycles. The number of nitrogens with one attached hydrogen (secondary N) is 2. The van der Waals surface area contributed by atoms with Gasteiger partial charge in [-0.3, -0.25) is 0 Å². The zero-order valence-electron chi connectivity index (χ0n) is 13.6. The Morgan fingerprint density at radius 3 is 2.04 bits per heavy atom. The highest BCUT2D eigenvalue weighted by atomic mass is 32.1. The van der Waals surface area contributed by atoms with Crippen LogP contribution < -0.4 is 10.6 Å². The topological polar surface area (TPSA) is 42.5 Å². The van der Waals surface area contributed by atoms with Crippen molar-refractivity contribution in [2.75, 3.05) is 35.4 Å². The third kappa shape index (κ3) is 9.48. The normalized spacial score (nSPS) is 12.8. The Morgan fingerprint density at radius 2 is 1.52 bits per heavy atom. The van der Waals surface area contributed by atoms with Gasteiger partial charge < -0.3 is 20.1 Å². The molecule has 140 valence electrons. The molecule has 2 N–H and O–H groups in total. The summed E-state index contributed by atoms with van der Waals surface area (Å²) in [5.74, 6) is 1.23. The minimum absolute atomic E-state index is 0.0274. The molecular formula is C15H22N2O2S6. The Labute approximate surface area is 181 Å². The standard InChI is InChI=1S/C15H22N2O2S6/c1-9-2-3-10(16-14(24)18-5-11(22)7-20)4-13(9)17-15(25)19-6-12(23)8-21/h2-4,11-12,20-23H,5-8H2,1H3,(H,16,24)(H,17,25). The van der Waals surface area contributed by atoms with Crippen molar-refractivity contribution in [3.8, 4) is 0 Å². The van der Waals surface area contributed by atoms with Gasteiger partial charge in [-0.1, -0.05) is 6.07 Å². The van der Waals surface area contributed by atoms with E-state index in [2.05, 4.69) is 61.1 Å². The van der Waals surface area contributed by atoms with Crippen LogP contribution in [0, 0.1) is 6.92 Å². The second-order valence-electron chi connectivity index (χ2n) is 5.15. The molecular weight excluding hydrogens is 433 g/mol. The Hall–Kier alpha value is -0.000000000000000222. The zero-order chi connectivity index (χ0) is 18.8. The smallest absolute Gasteiger partial charge is 0.261 e. The van der Waals surface area contributed by atoms with E-state index in [9.17, 15) is 0 Å². The van der Waals surface area contributed by atoms with Gasteiger partial charge in [0.05, 0.1) is 0 Å². The second kappa shape index (κ2) is 12.4. The SMILES string of the molecule is Cc1ccc(NC(=S)OCC(S)CS)cc1NC(=S)OCC(S)CS. The summed E-state index contributed by atoms with van der Waals surface area (Å²) < 4.78 is 10.9. The van der Waals surface area contributed by atoms with Gasteiger partial charge in [0.2, 0.25) is 0 Å². The van der Waals surface area contributed by atoms with E-state index < -0.39 is 0 Å². The van der Waals surface area contributed by atoms with Crippen LogP contribution in [-0.4, -0.2) is 45.6 Å². The predicted molar refractivity (Wildman–Crippen MR) is 129 cm³/mol. The lowest BCUT2D eigenvalue weighted by Crippen LogP contribution is -2.21. The fourth-order valence-electron chi connectivity index (χ4n) is 1.58. The molecule has 25 heavy (non-hydrogen) atoms. The molecule has 0 aliphatic rings. The van der Waals surface area contributed by atoms with Gasteiger partial charge in [0, 0.05) is 33.4 Å². The van der Waals surface area contributed by atoms with Crippen molar-refractivity contribution >= 4 is 96.7 Å². The van der Waals surface area contributed by atoms with Gasteiger partial charge in [-0.25, -0.2) is 0 Å². The number of thiocarbonyl (C=S) groups is 2. The number of ether oxygens (including phenoxy) is 2. The van der Waals surface area contributed by atoms with Crippen molar-refractivity contribution in [3.63, 3.8) is 0 Å². The molecule has 4 nitrogen and oxygen atoms in total. The molecule has 0 spiro atoms. The molecule has 0 fully saturated rings. The number of benzene rings is 1. The van der Waals surface area contributed by atoms with Crippen LogP contribution in [0.3, 0.4) is 0 Å². The van der Waals surface area contributed by atoms with Crippen molar-refractivity contribution in [1.29, 1.82) is 0 Å². The summed E-state index contributed by atoms with van der Waals surface area (Å²) in [6.07, 6.45) is 0. The van der Waals surface area contributed by atoms with E-state index in [0.29, 0.717) is 24.7 Å². The molecule has 2 unspecified atom stereocenters. The summed E-state index contributed by atoms with van der Waals surface area (Å²) in [5, 5.41) is 6.71. The Balaban J connectivity index is 2.60. The quantitative estimate of drug-likeness (QED) is 0.265. The van der Waals surface area contributed by atoms with E-state index in [0.717, 1.165) is 16.9 Å². The first kappa shape index (κ1) is 23.0. The van der Waals surface area contributed by atoms with Crippen molar-refractivity contribution in [2.45, 2.75) is 17.4 Å². The average molecular weight is 455 g/mol. The van der Waals surface area contributed by atoms with Crippen molar-refractivity contribution in [2.24, 2.45) is 0 Å². The molecule has 2 atom stereocenters. The molecule has 0 heterocycles. The fourth-order valence-corrected chi connectivity index (χ4v) is 2.31. The Bertz CT molecular complexity index is 587. The molecule has 0 amide bonds. The Kier molecular flexibility index (Phi) is 11.4. The van der Waals surface area contributed by atoms with Gasteiger partial charge in [-0.2, -0.15) is 50.5 Å². The molecule has 0 aliphatic heterocycles. The molecule has 1 aromatic rings. The van der Waals surface area contributed by atoms with E-state index in [1.54, 1.807) is 0 Å². The van der Waals surface area contributed by atoms with E-state index in [1.807, 2.05) is 25.1 Å². The molecule has 0 aromatic heterocycles. The van der Waals surface area contributed by atoms with Crippen LogP contribution >= 0.6 is 75.0 Å². The molecule has 0 bridgehead atoms. The predicted octanol–water partition coefficient (Wildman–Crippen LogP) is 3.88. The molecule has 1 aromatic carbocycles. The van der Waals surface area contributed by atoms with Gasteiger partial charge >= 0.3 is 0 Å². The van der Waals surface area contributed by atoms with E-state index in [4.69, 9.17) is 33.9 Å². The van der Waals surface area contributed by atoms with Crippen molar-refractivity contribution in [3.05, 3.63) is 23.8 Å². The van der Waals surface area contributed by atoms with E-state index in [1.165, 1.54) is 0 Å². The van der Waals surface area contributed by atoms with Crippen molar-refractivity contribution < 1.29 is 9.47 Å². The first-order valence-corrected chi connectivity index (χ1v) is 10.5. The monoisotopic (exact) mass is 454 g/mol. The van der Waals surface area contributed by atoms with E-state index in [-0.39, 0.29) is 20.8 Å². The summed E-state index contributed by atoms with van der Waals surface area (Å²) in [5.41, 5.74) is 2.62. The molecule has 0 saturated heterocycles. The largest absolute Gasteiger partial charge is 0.470 e. The van der Waals surface area contributed by atoms with Crippen LogP contribution in [-0.2, 0) is 9.47 Å². The van der Waals surface area contributed by atoms with Gasteiger partial charge in [0.15, 0.2) is 0 Å². The molecule has 1 rings (SSSR count). The maximum Gasteiger partial charge on any atom is 0.261 e. The zero-order valence-corrected chi connectivity index (χ0v) is 18.8. The average Bonchev–Trinajstić information content (AvgIpc) is 2.60. The van der Waals surface area contributed by atoms with Gasteiger partial charge in [-0.05, 0) is 49.1 Å². The lowest BCUT2D eigenvalue weighted by atomic mass is 10.2. The number of hydrogen-bond donors (Lipinski definition) is 6. The van der Waals surface area contributed by atoms with Crippen LogP contribution in [0.1, 0.15) is 5.56 Å². The Morgan fingerprint density at radius 1 is 1.00 bits per heavy atom. The van der Waals surface area contributed by atoms with Gasteiger partial charge in [-0.15, -0.1) is 0 Å². The highest BCUT2D eigenvalue weighted by molar-refractivity contribution is 7.85. The number of aryl methyl sites for hydroxylation is 1. The van der Waals surface area contributed by atoms with Crippen LogP contribution in [0.4, 0.5) is 11.4 Å².